The molecule has 0 aromatic heterocycles. The molecule has 1 aliphatic carbocycles. The number of hydrogen-bond donors (Lipinski definition) is 1. The van der Waals surface area contributed by atoms with Gasteiger partial charge >= 0.3 is 5.97 Å². The van der Waals surface area contributed by atoms with Crippen molar-refractivity contribution >= 4 is 5.97 Å². The van der Waals surface area contributed by atoms with Gasteiger partial charge in [-0.3, -0.25) is 9.69 Å². The number of nitrogens with zero attached hydrogens (tertiary/aromatic N) is 1. The fraction of sp³-hybridized carbons (Fsp3) is 0.938. The average Bonchev–Trinajstić information content (AvgIpc) is 2.48. The zero-order valence-corrected chi connectivity index (χ0v) is 13.2. The van der Waals surface area contributed by atoms with E-state index in [1.807, 2.05) is 0 Å². The number of carbonyl (C=O) groups is 1. The molecular formula is C16H29NO3. The summed E-state index contributed by atoms with van der Waals surface area (Å²) in [4.78, 5) is 14.1. The van der Waals surface area contributed by atoms with Crippen LogP contribution in [-0.4, -0.2) is 47.8 Å². The summed E-state index contributed by atoms with van der Waals surface area (Å²) in [6, 6.07) is 0. The molecule has 0 unspecified atom stereocenters. The minimum absolute atomic E-state index is 0.329. The summed E-state index contributed by atoms with van der Waals surface area (Å²) in [5.41, 5.74) is -0.306. The lowest BCUT2D eigenvalue weighted by Gasteiger charge is -2.48. The molecule has 0 bridgehead atoms. The highest BCUT2D eigenvalue weighted by Crippen LogP contribution is 2.45. The number of carboxylic acid groups (broad SMARTS) is 1. The van der Waals surface area contributed by atoms with Gasteiger partial charge in [0.15, 0.2) is 0 Å². The molecular weight excluding hydrogens is 254 g/mol. The fourth-order valence-corrected chi connectivity index (χ4v) is 3.82. The van der Waals surface area contributed by atoms with Crippen LogP contribution < -0.4 is 0 Å². The van der Waals surface area contributed by atoms with E-state index >= 15 is 0 Å². The normalized spacial score (nSPS) is 33.0. The molecule has 1 saturated heterocycles. The Bertz CT molecular complexity index is 340. The standard InChI is InChI=1S/C16H29NO3/c1-4-15(2,3)13-5-7-16(8-6-13,14(18)19)17-9-11-20-12-10-17/h13H,4-12H2,1-3H3,(H,18,19). The summed E-state index contributed by atoms with van der Waals surface area (Å²) in [6.07, 6.45) is 4.80. The third-order valence-electron chi connectivity index (χ3n) is 5.84. The Morgan fingerprint density at radius 2 is 1.85 bits per heavy atom. The smallest absolute Gasteiger partial charge is 0.324 e. The van der Waals surface area contributed by atoms with Crippen LogP contribution in [0.15, 0.2) is 0 Å². The van der Waals surface area contributed by atoms with Crippen LogP contribution in [0.5, 0.6) is 0 Å². The van der Waals surface area contributed by atoms with Crippen LogP contribution in [0.3, 0.4) is 0 Å². The molecule has 20 heavy (non-hydrogen) atoms. The van der Waals surface area contributed by atoms with Crippen LogP contribution in [0, 0.1) is 11.3 Å². The molecule has 0 atom stereocenters. The highest BCUT2D eigenvalue weighted by Gasteiger charge is 2.48. The van der Waals surface area contributed by atoms with Crippen LogP contribution in [0.25, 0.3) is 0 Å². The minimum Gasteiger partial charge on any atom is -0.480 e. The highest BCUT2D eigenvalue weighted by atomic mass is 16.5. The summed E-state index contributed by atoms with van der Waals surface area (Å²) in [5, 5.41) is 9.80. The van der Waals surface area contributed by atoms with Crippen LogP contribution >= 0.6 is 0 Å². The van der Waals surface area contributed by atoms with Gasteiger partial charge in [-0.25, -0.2) is 0 Å². The maximum Gasteiger partial charge on any atom is 0.324 e. The molecule has 0 amide bonds. The third kappa shape index (κ3) is 2.86. The first-order chi connectivity index (χ1) is 9.42. The summed E-state index contributed by atoms with van der Waals surface area (Å²) < 4.78 is 5.37. The van der Waals surface area contributed by atoms with Gasteiger partial charge in [-0.05, 0) is 37.0 Å². The Morgan fingerprint density at radius 1 is 1.30 bits per heavy atom. The second-order valence-corrected chi connectivity index (χ2v) is 7.05. The lowest BCUT2D eigenvalue weighted by atomic mass is 9.65. The van der Waals surface area contributed by atoms with E-state index in [1.54, 1.807) is 0 Å². The maximum absolute atomic E-state index is 11.9. The van der Waals surface area contributed by atoms with Gasteiger partial charge in [-0.1, -0.05) is 27.2 Å². The Balaban J connectivity index is 2.08. The van der Waals surface area contributed by atoms with E-state index < -0.39 is 11.5 Å². The van der Waals surface area contributed by atoms with E-state index in [-0.39, 0.29) is 0 Å². The molecule has 0 spiro atoms. The van der Waals surface area contributed by atoms with Crippen molar-refractivity contribution in [2.24, 2.45) is 11.3 Å². The number of morpholine rings is 1. The summed E-state index contributed by atoms with van der Waals surface area (Å²) >= 11 is 0. The second kappa shape index (κ2) is 6.02. The van der Waals surface area contributed by atoms with Crippen molar-refractivity contribution in [3.05, 3.63) is 0 Å². The van der Waals surface area contributed by atoms with Gasteiger partial charge < -0.3 is 9.84 Å². The number of rotatable bonds is 4. The quantitative estimate of drug-likeness (QED) is 0.862. The molecule has 2 fully saturated rings. The SMILES string of the molecule is CCC(C)(C)C1CCC(C(=O)O)(N2CCOCC2)CC1. The van der Waals surface area contributed by atoms with Crippen LogP contribution in [0.1, 0.15) is 52.9 Å². The van der Waals surface area contributed by atoms with Crippen LogP contribution in [-0.2, 0) is 9.53 Å². The van der Waals surface area contributed by atoms with E-state index in [0.717, 1.165) is 45.2 Å². The molecule has 0 aromatic rings. The molecule has 116 valence electrons. The molecule has 0 radical (unpaired) electrons. The predicted octanol–water partition coefficient (Wildman–Crippen LogP) is 2.77. The number of aliphatic carboxylic acids is 1. The lowest BCUT2D eigenvalue weighted by molar-refractivity contribution is -0.159. The number of hydrogen-bond acceptors (Lipinski definition) is 3. The van der Waals surface area contributed by atoms with Crippen LogP contribution in [0.2, 0.25) is 0 Å². The molecule has 2 aliphatic rings. The predicted molar refractivity (Wildman–Crippen MR) is 78.8 cm³/mol. The Kier molecular flexibility index (Phi) is 4.75. The van der Waals surface area contributed by atoms with Crippen molar-refractivity contribution in [3.63, 3.8) is 0 Å². The monoisotopic (exact) mass is 283 g/mol. The Labute approximate surface area is 122 Å². The molecule has 0 aromatic carbocycles. The van der Waals surface area contributed by atoms with E-state index in [0.29, 0.717) is 24.5 Å². The summed E-state index contributed by atoms with van der Waals surface area (Å²) in [5.74, 6) is 0.0215. The first-order valence-corrected chi connectivity index (χ1v) is 7.98. The summed E-state index contributed by atoms with van der Waals surface area (Å²) in [7, 11) is 0. The summed E-state index contributed by atoms with van der Waals surface area (Å²) in [6.45, 7) is 9.72. The Hall–Kier alpha value is -0.610. The zero-order valence-electron chi connectivity index (χ0n) is 13.2. The second-order valence-electron chi connectivity index (χ2n) is 7.05. The largest absolute Gasteiger partial charge is 0.480 e. The Morgan fingerprint density at radius 3 is 2.30 bits per heavy atom. The van der Waals surface area contributed by atoms with Gasteiger partial charge in [0.25, 0.3) is 0 Å². The van der Waals surface area contributed by atoms with E-state index in [2.05, 4.69) is 25.7 Å². The van der Waals surface area contributed by atoms with Gasteiger partial charge in [-0.15, -0.1) is 0 Å². The van der Waals surface area contributed by atoms with Gasteiger partial charge in [0.05, 0.1) is 13.2 Å². The number of ether oxygens (including phenoxy) is 1. The molecule has 4 heteroatoms. The fourth-order valence-electron chi connectivity index (χ4n) is 3.82. The van der Waals surface area contributed by atoms with E-state index in [1.165, 1.54) is 0 Å². The third-order valence-corrected chi connectivity index (χ3v) is 5.84. The molecule has 1 heterocycles. The van der Waals surface area contributed by atoms with Crippen LogP contribution in [0.4, 0.5) is 0 Å². The van der Waals surface area contributed by atoms with Crippen molar-refractivity contribution in [3.8, 4) is 0 Å². The first kappa shape index (κ1) is 15.8. The highest BCUT2D eigenvalue weighted by molar-refractivity contribution is 5.79. The van der Waals surface area contributed by atoms with Gasteiger partial charge in [0.2, 0.25) is 0 Å². The first-order valence-electron chi connectivity index (χ1n) is 7.98. The molecule has 1 saturated carbocycles. The number of carboxylic acids is 1. The van der Waals surface area contributed by atoms with Gasteiger partial charge in [-0.2, -0.15) is 0 Å². The van der Waals surface area contributed by atoms with Crippen molar-refractivity contribution in [2.75, 3.05) is 26.3 Å². The topological polar surface area (TPSA) is 49.8 Å². The maximum atomic E-state index is 11.9. The van der Waals surface area contributed by atoms with E-state index in [4.69, 9.17) is 4.74 Å². The van der Waals surface area contributed by atoms with Gasteiger partial charge in [0.1, 0.15) is 5.54 Å². The molecule has 1 N–H and O–H groups in total. The van der Waals surface area contributed by atoms with Gasteiger partial charge in [0, 0.05) is 13.1 Å². The average molecular weight is 283 g/mol. The molecule has 4 nitrogen and oxygen atoms in total. The zero-order chi connectivity index (χ0) is 14.8. The van der Waals surface area contributed by atoms with E-state index in [9.17, 15) is 9.90 Å². The van der Waals surface area contributed by atoms with Crippen molar-refractivity contribution < 1.29 is 14.6 Å². The molecule has 2 rings (SSSR count). The molecule has 1 aliphatic heterocycles. The van der Waals surface area contributed by atoms with Crippen molar-refractivity contribution in [1.29, 1.82) is 0 Å². The lowest BCUT2D eigenvalue weighted by Crippen LogP contribution is -2.60. The minimum atomic E-state index is -0.635. The van der Waals surface area contributed by atoms with Crippen molar-refractivity contribution in [2.45, 2.75) is 58.4 Å². The van der Waals surface area contributed by atoms with Crippen molar-refractivity contribution in [1.82, 2.24) is 4.90 Å².